The predicted octanol–water partition coefficient (Wildman–Crippen LogP) is 10.7. The Morgan fingerprint density at radius 3 is 1.68 bits per heavy atom. The summed E-state index contributed by atoms with van der Waals surface area (Å²) < 4.78 is 6.36. The number of esters is 1. The number of unbranched alkanes of at least 4 members (excludes halogenated alkanes) is 6. The summed E-state index contributed by atoms with van der Waals surface area (Å²) in [5, 5.41) is 10.8. The quantitative estimate of drug-likeness (QED) is 0.115. The van der Waals surface area contributed by atoms with Gasteiger partial charge >= 0.3 is 5.97 Å². The van der Waals surface area contributed by atoms with Crippen molar-refractivity contribution in [3.8, 4) is 28.0 Å². The van der Waals surface area contributed by atoms with Crippen molar-refractivity contribution in [2.75, 3.05) is 0 Å². The van der Waals surface area contributed by atoms with Crippen LogP contribution in [0.2, 0.25) is 0 Å². The van der Waals surface area contributed by atoms with Crippen LogP contribution in [0.5, 0.6) is 5.75 Å². The van der Waals surface area contributed by atoms with Gasteiger partial charge in [-0.25, -0.2) is 0 Å². The Labute approximate surface area is 249 Å². The Balaban J connectivity index is 1.99. The lowest BCUT2D eigenvalue weighted by Crippen LogP contribution is -2.19. The lowest BCUT2D eigenvalue weighted by Gasteiger charge is -2.24. The molecule has 1 N–H and O–H groups in total. The molecule has 0 aliphatic heterocycles. The van der Waals surface area contributed by atoms with Crippen LogP contribution in [-0.2, 0) is 4.79 Å². The Kier molecular flexibility index (Phi) is 12.7. The van der Waals surface area contributed by atoms with Gasteiger partial charge in [-0.05, 0) is 65.5 Å². The molecule has 0 fully saturated rings. The molecule has 0 heterocycles. The number of carbonyl (C=O) groups excluding carboxylic acids is 1. The number of rotatable bonds is 15. The smallest absolute Gasteiger partial charge is 0.313 e. The molecule has 3 nitrogen and oxygen atoms in total. The number of aryl methyl sites for hydroxylation is 2. The highest BCUT2D eigenvalue weighted by Crippen LogP contribution is 2.47. The van der Waals surface area contributed by atoms with Gasteiger partial charge < -0.3 is 9.84 Å². The van der Waals surface area contributed by atoms with Gasteiger partial charge in [0.1, 0.15) is 5.75 Å². The van der Waals surface area contributed by atoms with Crippen molar-refractivity contribution in [1.29, 1.82) is 0 Å². The van der Waals surface area contributed by atoms with Crippen molar-refractivity contribution in [3.63, 3.8) is 0 Å². The summed E-state index contributed by atoms with van der Waals surface area (Å²) in [6.07, 6.45) is 8.23. The third-order valence-electron chi connectivity index (χ3n) is 8.14. The lowest BCUT2D eigenvalue weighted by molar-refractivity contribution is -0.136. The molecule has 1 atom stereocenters. The van der Waals surface area contributed by atoms with Crippen LogP contribution in [0.15, 0.2) is 54.6 Å². The summed E-state index contributed by atoms with van der Waals surface area (Å²) in [5.41, 5.74) is 8.70. The molecule has 41 heavy (non-hydrogen) atoms. The van der Waals surface area contributed by atoms with Gasteiger partial charge in [-0.1, -0.05) is 134 Å². The van der Waals surface area contributed by atoms with E-state index in [1.54, 1.807) is 0 Å². The average Bonchev–Trinajstić information content (AvgIpc) is 2.92. The first kappa shape index (κ1) is 32.6. The number of carbonyl (C=O) groups is 1. The minimum Gasteiger partial charge on any atom is -0.425 e. The number of aliphatic hydroxyl groups is 1. The van der Waals surface area contributed by atoms with E-state index < -0.39 is 6.10 Å². The molecule has 0 bridgehead atoms. The highest BCUT2D eigenvalue weighted by molar-refractivity contribution is 5.91. The fraction of sp³-hybridized carbons (Fsp3) is 0.500. The first-order chi connectivity index (χ1) is 19.6. The van der Waals surface area contributed by atoms with E-state index >= 15 is 0 Å². The topological polar surface area (TPSA) is 46.5 Å². The number of ether oxygens (including phenoxy) is 1. The van der Waals surface area contributed by atoms with Crippen LogP contribution in [0.3, 0.4) is 0 Å². The van der Waals surface area contributed by atoms with Crippen molar-refractivity contribution in [3.05, 3.63) is 76.9 Å². The van der Waals surface area contributed by atoms with E-state index in [2.05, 4.69) is 103 Å². The second kappa shape index (κ2) is 15.9. The van der Waals surface area contributed by atoms with Gasteiger partial charge in [-0.2, -0.15) is 0 Å². The maximum Gasteiger partial charge on any atom is 0.313 e. The number of hydrogen-bond acceptors (Lipinski definition) is 3. The van der Waals surface area contributed by atoms with Gasteiger partial charge in [0, 0.05) is 11.1 Å². The molecule has 3 aromatic carbocycles. The highest BCUT2D eigenvalue weighted by atomic mass is 16.5. The SMILES string of the molecule is CCCCCCCCC[C@H](O)CC(=O)Oc1c(-c2ccccc2C(C)C)c(C)cc(C)c1-c1ccccc1C(C)C. The van der Waals surface area contributed by atoms with Gasteiger partial charge in [-0.15, -0.1) is 0 Å². The Hall–Kier alpha value is -2.91. The first-order valence-electron chi connectivity index (χ1n) is 15.9. The maximum atomic E-state index is 13.5. The van der Waals surface area contributed by atoms with Crippen LogP contribution < -0.4 is 4.74 Å². The van der Waals surface area contributed by atoms with Gasteiger partial charge in [0.15, 0.2) is 0 Å². The van der Waals surface area contributed by atoms with E-state index in [9.17, 15) is 9.90 Å². The molecule has 0 aliphatic carbocycles. The molecule has 0 aromatic heterocycles. The zero-order chi connectivity index (χ0) is 29.9. The molecule has 0 unspecified atom stereocenters. The summed E-state index contributed by atoms with van der Waals surface area (Å²) in [4.78, 5) is 13.5. The van der Waals surface area contributed by atoms with E-state index in [0.717, 1.165) is 46.2 Å². The summed E-state index contributed by atoms with van der Waals surface area (Å²) >= 11 is 0. The van der Waals surface area contributed by atoms with E-state index in [1.165, 1.54) is 43.2 Å². The largest absolute Gasteiger partial charge is 0.425 e. The monoisotopic (exact) mass is 556 g/mol. The van der Waals surface area contributed by atoms with Crippen LogP contribution >= 0.6 is 0 Å². The molecule has 0 saturated heterocycles. The fourth-order valence-corrected chi connectivity index (χ4v) is 5.97. The lowest BCUT2D eigenvalue weighted by atomic mass is 9.84. The second-order valence-electron chi connectivity index (χ2n) is 12.3. The molecule has 0 radical (unpaired) electrons. The van der Waals surface area contributed by atoms with Crippen molar-refractivity contribution in [2.24, 2.45) is 0 Å². The maximum absolute atomic E-state index is 13.5. The molecular formula is C38H52O3. The van der Waals surface area contributed by atoms with Crippen molar-refractivity contribution in [1.82, 2.24) is 0 Å². The normalized spacial score (nSPS) is 12.2. The number of aliphatic hydroxyl groups excluding tert-OH is 1. The summed E-state index contributed by atoms with van der Waals surface area (Å²) in [6.45, 7) is 15.2. The third-order valence-corrected chi connectivity index (χ3v) is 8.14. The minimum atomic E-state index is -0.693. The third kappa shape index (κ3) is 8.79. The minimum absolute atomic E-state index is 0.000636. The molecule has 0 spiro atoms. The zero-order valence-corrected chi connectivity index (χ0v) is 26.6. The standard InChI is InChI=1S/C38H52O3/c1-8-9-10-11-12-13-14-19-30(39)25-35(40)41-38-36(33-22-17-15-20-31(33)26(2)3)28(6)24-29(7)37(38)34-23-18-16-21-32(34)27(4)5/h15-18,20-24,26-27,30,39H,8-14,19,25H2,1-7H3/t30-/m0/s1. The first-order valence-corrected chi connectivity index (χ1v) is 15.9. The number of hydrogen-bond donors (Lipinski definition) is 1. The highest BCUT2D eigenvalue weighted by Gasteiger charge is 2.25. The second-order valence-corrected chi connectivity index (χ2v) is 12.3. The molecule has 3 heteroatoms. The fourth-order valence-electron chi connectivity index (χ4n) is 5.97. The van der Waals surface area contributed by atoms with Crippen LogP contribution in [-0.4, -0.2) is 17.2 Å². The van der Waals surface area contributed by atoms with Crippen LogP contribution in [0.25, 0.3) is 22.3 Å². The molecule has 0 saturated carbocycles. The van der Waals surface area contributed by atoms with Crippen molar-refractivity contribution in [2.45, 2.75) is 124 Å². The predicted molar refractivity (Wildman–Crippen MR) is 174 cm³/mol. The molecule has 3 aromatic rings. The summed E-state index contributed by atoms with van der Waals surface area (Å²) in [7, 11) is 0. The molecule has 222 valence electrons. The van der Waals surface area contributed by atoms with E-state index in [0.29, 0.717) is 24.0 Å². The summed E-state index contributed by atoms with van der Waals surface area (Å²) in [6, 6.07) is 19.1. The Bertz CT molecular complexity index is 1190. The van der Waals surface area contributed by atoms with Crippen LogP contribution in [0.4, 0.5) is 0 Å². The van der Waals surface area contributed by atoms with Crippen LogP contribution in [0, 0.1) is 13.8 Å². The molecule has 3 rings (SSSR count). The van der Waals surface area contributed by atoms with Gasteiger partial charge in [-0.3, -0.25) is 4.79 Å². The van der Waals surface area contributed by atoms with Crippen molar-refractivity contribution >= 4 is 5.97 Å². The molecular weight excluding hydrogens is 504 g/mol. The number of benzene rings is 3. The van der Waals surface area contributed by atoms with E-state index in [1.807, 2.05) is 0 Å². The van der Waals surface area contributed by atoms with Gasteiger partial charge in [0.2, 0.25) is 0 Å². The molecule has 0 amide bonds. The average molecular weight is 557 g/mol. The Morgan fingerprint density at radius 2 is 1.20 bits per heavy atom. The van der Waals surface area contributed by atoms with E-state index in [-0.39, 0.29) is 12.4 Å². The van der Waals surface area contributed by atoms with Gasteiger partial charge in [0.05, 0.1) is 12.5 Å². The van der Waals surface area contributed by atoms with E-state index in [4.69, 9.17) is 4.74 Å². The van der Waals surface area contributed by atoms with Crippen LogP contribution in [0.1, 0.15) is 126 Å². The zero-order valence-electron chi connectivity index (χ0n) is 26.6. The summed E-state index contributed by atoms with van der Waals surface area (Å²) in [5.74, 6) is 0.852. The van der Waals surface area contributed by atoms with Gasteiger partial charge in [0.25, 0.3) is 0 Å². The Morgan fingerprint density at radius 1 is 0.732 bits per heavy atom. The molecule has 0 aliphatic rings. The van der Waals surface area contributed by atoms with Crippen molar-refractivity contribution < 1.29 is 14.6 Å².